The summed E-state index contributed by atoms with van der Waals surface area (Å²) in [5, 5.41) is 22.7. The normalized spacial score (nSPS) is 20.1. The van der Waals surface area contributed by atoms with Gasteiger partial charge in [0.1, 0.15) is 17.3 Å². The molecule has 8 nitrogen and oxygen atoms in total. The Labute approximate surface area is 219 Å². The van der Waals surface area contributed by atoms with E-state index in [0.29, 0.717) is 34.1 Å². The number of β-amino-alcohol motifs (C(OH)–C–C–N with tert-alkyl or cyclic N) is 1. The summed E-state index contributed by atoms with van der Waals surface area (Å²) in [6.45, 7) is 5.08. The van der Waals surface area contributed by atoms with Crippen LogP contribution in [0.3, 0.4) is 0 Å². The van der Waals surface area contributed by atoms with E-state index >= 15 is 0 Å². The molecule has 1 spiro atoms. The molecule has 1 aromatic carbocycles. The van der Waals surface area contributed by atoms with Crippen LogP contribution in [-0.2, 0) is 7.05 Å². The highest BCUT2D eigenvalue weighted by Crippen LogP contribution is 2.58. The third-order valence-corrected chi connectivity index (χ3v) is 8.22. The maximum Gasteiger partial charge on any atom is 0.332 e. The fourth-order valence-electron chi connectivity index (χ4n) is 5.48. The summed E-state index contributed by atoms with van der Waals surface area (Å²) in [5.41, 5.74) is 2.82. The predicted octanol–water partition coefficient (Wildman–Crippen LogP) is 4.32. The van der Waals surface area contributed by atoms with Crippen molar-refractivity contribution in [3.8, 4) is 33.8 Å². The van der Waals surface area contributed by atoms with Crippen LogP contribution in [0, 0.1) is 12.3 Å². The number of pyridine rings is 2. The summed E-state index contributed by atoms with van der Waals surface area (Å²) in [6.07, 6.45) is 7.11. The second kappa shape index (κ2) is 8.19. The molecule has 9 heteroatoms. The third-order valence-electron chi connectivity index (χ3n) is 7.92. The van der Waals surface area contributed by atoms with Gasteiger partial charge in [0.2, 0.25) is 0 Å². The van der Waals surface area contributed by atoms with Crippen LogP contribution in [0.2, 0.25) is 5.02 Å². The van der Waals surface area contributed by atoms with E-state index in [9.17, 15) is 15.0 Å². The Bertz CT molecular complexity index is 1600. The molecule has 1 saturated heterocycles. The number of aryl methyl sites for hydroxylation is 2. The molecule has 0 radical (unpaired) electrons. The molecule has 0 amide bonds. The van der Waals surface area contributed by atoms with Gasteiger partial charge in [-0.1, -0.05) is 17.7 Å². The minimum atomic E-state index is -0.738. The van der Waals surface area contributed by atoms with Gasteiger partial charge in [0, 0.05) is 61.0 Å². The van der Waals surface area contributed by atoms with E-state index in [0.717, 1.165) is 36.5 Å². The first-order valence-corrected chi connectivity index (χ1v) is 12.7. The van der Waals surface area contributed by atoms with E-state index in [1.54, 1.807) is 37.8 Å². The number of halogens is 1. The molecule has 2 fully saturated rings. The fourth-order valence-corrected chi connectivity index (χ4v) is 5.76. The Hall–Kier alpha value is -3.62. The zero-order valence-corrected chi connectivity index (χ0v) is 21.7. The van der Waals surface area contributed by atoms with Gasteiger partial charge < -0.3 is 19.7 Å². The summed E-state index contributed by atoms with van der Waals surface area (Å²) in [4.78, 5) is 23.7. The highest BCUT2D eigenvalue weighted by molar-refractivity contribution is 6.32. The van der Waals surface area contributed by atoms with Crippen LogP contribution < -0.4 is 10.6 Å². The van der Waals surface area contributed by atoms with Gasteiger partial charge in [-0.25, -0.2) is 14.8 Å². The first-order chi connectivity index (χ1) is 17.6. The molecule has 3 aromatic heterocycles. The minimum Gasteiger partial charge on any atom is -0.505 e. The van der Waals surface area contributed by atoms with Crippen molar-refractivity contribution in [2.75, 3.05) is 18.0 Å². The first-order valence-electron chi connectivity index (χ1n) is 12.3. The molecule has 190 valence electrons. The number of imidazole rings is 1. The lowest BCUT2D eigenvalue weighted by Crippen LogP contribution is -2.35. The summed E-state index contributed by atoms with van der Waals surface area (Å²) in [6, 6.07) is 10.9. The Morgan fingerprint density at radius 2 is 1.84 bits per heavy atom. The molecule has 2 aliphatic rings. The van der Waals surface area contributed by atoms with E-state index in [1.165, 1.54) is 9.13 Å². The summed E-state index contributed by atoms with van der Waals surface area (Å²) in [7, 11) is 1.68. The summed E-state index contributed by atoms with van der Waals surface area (Å²) < 4.78 is 2.96. The molecule has 37 heavy (non-hydrogen) atoms. The number of anilines is 1. The van der Waals surface area contributed by atoms with Crippen LogP contribution in [-0.4, -0.2) is 48.0 Å². The maximum atomic E-state index is 12.4. The molecule has 1 aliphatic heterocycles. The molecule has 1 aliphatic carbocycles. The monoisotopic (exact) mass is 517 g/mol. The number of aromatic nitrogens is 4. The topological polar surface area (TPSA) is 96.4 Å². The number of hydrogen-bond donors (Lipinski definition) is 2. The molecular formula is C28H28ClN5O3. The first kappa shape index (κ1) is 23.8. The van der Waals surface area contributed by atoms with Crippen molar-refractivity contribution in [2.45, 2.75) is 32.3 Å². The van der Waals surface area contributed by atoms with Crippen LogP contribution in [0.5, 0.6) is 5.75 Å². The van der Waals surface area contributed by atoms with Crippen LogP contribution >= 0.6 is 11.6 Å². The lowest BCUT2D eigenvalue weighted by Gasteiger charge is -2.23. The number of hydrogen-bond acceptors (Lipinski definition) is 6. The van der Waals surface area contributed by atoms with Crippen LogP contribution in [0.25, 0.3) is 28.1 Å². The van der Waals surface area contributed by atoms with Gasteiger partial charge in [-0.2, -0.15) is 0 Å². The lowest BCUT2D eigenvalue weighted by molar-refractivity contribution is 0.0244. The molecule has 2 N–H and O–H groups in total. The highest BCUT2D eigenvalue weighted by Gasteiger charge is 2.61. The van der Waals surface area contributed by atoms with Crippen LogP contribution in [0.15, 0.2) is 59.8 Å². The van der Waals surface area contributed by atoms with Gasteiger partial charge >= 0.3 is 5.69 Å². The zero-order chi connectivity index (χ0) is 26.1. The second-order valence-electron chi connectivity index (χ2n) is 10.5. The van der Waals surface area contributed by atoms with Crippen molar-refractivity contribution >= 4 is 17.4 Å². The highest BCUT2D eigenvalue weighted by atomic mass is 35.5. The number of aromatic hydroxyl groups is 1. The van der Waals surface area contributed by atoms with Gasteiger partial charge in [-0.05, 0) is 62.6 Å². The van der Waals surface area contributed by atoms with Crippen molar-refractivity contribution in [2.24, 2.45) is 12.5 Å². The smallest absolute Gasteiger partial charge is 0.332 e. The largest absolute Gasteiger partial charge is 0.505 e. The number of nitrogens with zero attached hydrogens (tertiary/aromatic N) is 5. The van der Waals surface area contributed by atoms with Crippen LogP contribution in [0.4, 0.5) is 5.82 Å². The van der Waals surface area contributed by atoms with Crippen LogP contribution in [0.1, 0.15) is 25.5 Å². The molecule has 6 rings (SSSR count). The van der Waals surface area contributed by atoms with Gasteiger partial charge in [0.05, 0.1) is 16.3 Å². The third kappa shape index (κ3) is 3.83. The average Bonchev–Trinajstić information content (AvgIpc) is 3.52. The maximum absolute atomic E-state index is 12.4. The van der Waals surface area contributed by atoms with E-state index in [2.05, 4.69) is 14.9 Å². The van der Waals surface area contributed by atoms with E-state index in [-0.39, 0.29) is 16.9 Å². The SMILES string of the molecule is Cc1cc(-c2ccc(-n3ccn(C)c3=O)c(Cl)c2)c(O)c(-c2ccnc(N3CC4(CC4)[C@@](C)(O)C3)c2)n1. The molecule has 1 atom stereocenters. The average molecular weight is 518 g/mol. The number of rotatable bonds is 4. The van der Waals surface area contributed by atoms with Crippen molar-refractivity contribution in [1.82, 2.24) is 19.1 Å². The Morgan fingerprint density at radius 1 is 1.05 bits per heavy atom. The zero-order valence-electron chi connectivity index (χ0n) is 20.9. The van der Waals surface area contributed by atoms with Crippen molar-refractivity contribution in [3.63, 3.8) is 0 Å². The molecule has 1 saturated carbocycles. The molecule has 4 aromatic rings. The van der Waals surface area contributed by atoms with Gasteiger partial charge in [0.15, 0.2) is 0 Å². The molecule has 4 heterocycles. The van der Waals surface area contributed by atoms with Crippen molar-refractivity contribution in [3.05, 3.63) is 76.2 Å². The second-order valence-corrected chi connectivity index (χ2v) is 11.0. The van der Waals surface area contributed by atoms with E-state index in [1.807, 2.05) is 38.1 Å². The van der Waals surface area contributed by atoms with Crippen molar-refractivity contribution < 1.29 is 10.2 Å². The van der Waals surface area contributed by atoms with Gasteiger partial charge in [0.25, 0.3) is 0 Å². The van der Waals surface area contributed by atoms with E-state index < -0.39 is 5.60 Å². The minimum absolute atomic E-state index is 0.0375. The molecule has 0 unspecified atom stereocenters. The van der Waals surface area contributed by atoms with E-state index in [4.69, 9.17) is 11.6 Å². The Morgan fingerprint density at radius 3 is 2.49 bits per heavy atom. The summed E-state index contributed by atoms with van der Waals surface area (Å²) in [5.74, 6) is 0.794. The fraction of sp³-hybridized carbons (Fsp3) is 0.321. The quantitative estimate of drug-likeness (QED) is 0.418. The lowest BCUT2D eigenvalue weighted by atomic mass is 9.90. The van der Waals surface area contributed by atoms with Gasteiger partial charge in [-0.3, -0.25) is 4.57 Å². The molecular weight excluding hydrogens is 490 g/mol. The molecule has 0 bridgehead atoms. The number of aliphatic hydroxyl groups is 1. The summed E-state index contributed by atoms with van der Waals surface area (Å²) >= 11 is 6.59. The Balaban J connectivity index is 1.37. The number of benzene rings is 1. The van der Waals surface area contributed by atoms with Gasteiger partial charge in [-0.15, -0.1) is 0 Å². The standard InChI is InChI=1S/C28H28ClN5O3/c1-17-12-20(18-4-5-22(21(29)13-18)34-11-10-32(3)26(34)36)25(35)24(31-17)19-6-9-30-23(14-19)33-15-27(2,37)28(16-33)7-8-28/h4-6,9-14,35,37H,7-8,15-16H2,1-3H3/t27-/m0/s1. The van der Waals surface area contributed by atoms with Crippen molar-refractivity contribution in [1.29, 1.82) is 0 Å². The predicted molar refractivity (Wildman–Crippen MR) is 143 cm³/mol. The Kier molecular flexibility index (Phi) is 5.26.